The molecule has 4 rings (SSSR count). The SMILES string of the molecule is C/N=C\c1ccc(C(=O)Nc2cccc(-n3cnc4ccccc43)c2)cc1OC. The molecule has 0 atom stereocenters. The standard InChI is InChI=1S/C23H20N4O2/c1-24-14-17-11-10-16(12-22(17)29-2)23(28)26-18-6-5-7-19(13-18)27-15-25-20-8-3-4-9-21(20)27/h3-15H,1-2H3,(H,26,28)/b24-14-. The zero-order valence-electron chi connectivity index (χ0n) is 16.2. The van der Waals surface area contributed by atoms with E-state index in [0.717, 1.165) is 22.3 Å². The van der Waals surface area contributed by atoms with Gasteiger partial charge in [-0.2, -0.15) is 0 Å². The highest BCUT2D eigenvalue weighted by Crippen LogP contribution is 2.22. The minimum atomic E-state index is -0.212. The summed E-state index contributed by atoms with van der Waals surface area (Å²) in [5.41, 5.74) is 4.87. The largest absolute Gasteiger partial charge is 0.496 e. The molecule has 6 heteroatoms. The van der Waals surface area contributed by atoms with Crippen LogP contribution < -0.4 is 10.1 Å². The molecule has 1 aromatic heterocycles. The van der Waals surface area contributed by atoms with E-state index in [1.807, 2.05) is 59.2 Å². The van der Waals surface area contributed by atoms with Gasteiger partial charge in [-0.05, 0) is 48.5 Å². The lowest BCUT2D eigenvalue weighted by Crippen LogP contribution is -2.12. The van der Waals surface area contributed by atoms with Crippen molar-refractivity contribution in [3.05, 3.63) is 84.2 Å². The number of carbonyl (C=O) groups excluding carboxylic acids is 1. The molecule has 1 amide bonds. The number of ether oxygens (including phenoxy) is 1. The van der Waals surface area contributed by atoms with Gasteiger partial charge in [-0.25, -0.2) is 4.98 Å². The number of fused-ring (bicyclic) bond motifs is 1. The first-order valence-electron chi connectivity index (χ1n) is 9.13. The zero-order valence-corrected chi connectivity index (χ0v) is 16.2. The number of amides is 1. The number of imidazole rings is 1. The van der Waals surface area contributed by atoms with E-state index in [9.17, 15) is 4.79 Å². The van der Waals surface area contributed by atoms with Gasteiger partial charge in [0.25, 0.3) is 5.91 Å². The predicted molar refractivity (Wildman–Crippen MR) is 116 cm³/mol. The Labute approximate surface area is 168 Å². The Bertz CT molecular complexity index is 1210. The van der Waals surface area contributed by atoms with E-state index < -0.39 is 0 Å². The number of nitrogens with one attached hydrogen (secondary N) is 1. The molecule has 0 saturated heterocycles. The van der Waals surface area contributed by atoms with Crippen LogP contribution in [0.1, 0.15) is 15.9 Å². The Morgan fingerprint density at radius 3 is 2.79 bits per heavy atom. The molecule has 0 aliphatic heterocycles. The second-order valence-electron chi connectivity index (χ2n) is 6.45. The van der Waals surface area contributed by atoms with Crippen LogP contribution in [0.5, 0.6) is 5.75 Å². The van der Waals surface area contributed by atoms with E-state index in [-0.39, 0.29) is 5.91 Å². The van der Waals surface area contributed by atoms with Gasteiger partial charge in [0.1, 0.15) is 12.1 Å². The van der Waals surface area contributed by atoms with E-state index in [0.29, 0.717) is 17.0 Å². The number of rotatable bonds is 5. The Morgan fingerprint density at radius 2 is 1.97 bits per heavy atom. The molecule has 1 N–H and O–H groups in total. The number of hydrogen-bond donors (Lipinski definition) is 1. The molecular weight excluding hydrogens is 364 g/mol. The van der Waals surface area contributed by atoms with Crippen LogP contribution in [0, 0.1) is 0 Å². The van der Waals surface area contributed by atoms with Crippen LogP contribution in [0.2, 0.25) is 0 Å². The van der Waals surface area contributed by atoms with Crippen molar-refractivity contribution in [1.29, 1.82) is 0 Å². The van der Waals surface area contributed by atoms with Crippen molar-refractivity contribution in [2.45, 2.75) is 0 Å². The normalized spacial score (nSPS) is 11.1. The second-order valence-corrected chi connectivity index (χ2v) is 6.45. The summed E-state index contributed by atoms with van der Waals surface area (Å²) >= 11 is 0. The predicted octanol–water partition coefficient (Wildman–Crippen LogP) is 4.34. The van der Waals surface area contributed by atoms with E-state index in [1.54, 1.807) is 38.8 Å². The number of para-hydroxylation sites is 2. The highest BCUT2D eigenvalue weighted by molar-refractivity contribution is 6.05. The van der Waals surface area contributed by atoms with Crippen molar-refractivity contribution in [2.24, 2.45) is 4.99 Å². The number of benzene rings is 3. The Balaban J connectivity index is 1.60. The lowest BCUT2D eigenvalue weighted by atomic mass is 10.1. The highest BCUT2D eigenvalue weighted by Gasteiger charge is 2.11. The van der Waals surface area contributed by atoms with Gasteiger partial charge < -0.3 is 10.1 Å². The summed E-state index contributed by atoms with van der Waals surface area (Å²) in [6, 6.07) is 20.9. The second kappa shape index (κ2) is 7.98. The average molecular weight is 384 g/mol. The molecule has 0 aliphatic rings. The van der Waals surface area contributed by atoms with Crippen LogP contribution in [0.3, 0.4) is 0 Å². The molecular formula is C23H20N4O2. The van der Waals surface area contributed by atoms with Crippen molar-refractivity contribution in [2.75, 3.05) is 19.5 Å². The van der Waals surface area contributed by atoms with Crippen LogP contribution in [-0.2, 0) is 0 Å². The van der Waals surface area contributed by atoms with Gasteiger partial charge in [-0.15, -0.1) is 0 Å². The van der Waals surface area contributed by atoms with Gasteiger partial charge in [-0.1, -0.05) is 18.2 Å². The summed E-state index contributed by atoms with van der Waals surface area (Å²) in [5, 5.41) is 2.95. The molecule has 3 aromatic carbocycles. The molecule has 144 valence electrons. The van der Waals surface area contributed by atoms with Crippen molar-refractivity contribution in [1.82, 2.24) is 9.55 Å². The summed E-state index contributed by atoms with van der Waals surface area (Å²) in [7, 11) is 3.26. The van der Waals surface area contributed by atoms with E-state index in [1.165, 1.54) is 0 Å². The molecule has 0 aliphatic carbocycles. The summed E-state index contributed by atoms with van der Waals surface area (Å²) in [6.45, 7) is 0. The third-order valence-corrected chi connectivity index (χ3v) is 4.60. The number of nitrogens with zero attached hydrogens (tertiary/aromatic N) is 3. The maximum absolute atomic E-state index is 12.7. The number of aromatic nitrogens is 2. The maximum atomic E-state index is 12.7. The van der Waals surface area contributed by atoms with Gasteiger partial charge >= 0.3 is 0 Å². The van der Waals surface area contributed by atoms with Gasteiger partial charge in [0.15, 0.2) is 0 Å². The van der Waals surface area contributed by atoms with E-state index >= 15 is 0 Å². The number of methoxy groups -OCH3 is 1. The molecule has 0 spiro atoms. The summed E-state index contributed by atoms with van der Waals surface area (Å²) in [4.78, 5) is 21.2. The highest BCUT2D eigenvalue weighted by atomic mass is 16.5. The average Bonchev–Trinajstić information content (AvgIpc) is 3.18. The number of hydrogen-bond acceptors (Lipinski definition) is 4. The molecule has 0 fully saturated rings. The first kappa shape index (κ1) is 18.4. The molecule has 1 heterocycles. The molecule has 4 aromatic rings. The van der Waals surface area contributed by atoms with Gasteiger partial charge in [0.2, 0.25) is 0 Å². The van der Waals surface area contributed by atoms with Crippen molar-refractivity contribution in [3.8, 4) is 11.4 Å². The summed E-state index contributed by atoms with van der Waals surface area (Å²) in [6.07, 6.45) is 3.48. The number of anilines is 1. The number of carbonyl (C=O) groups is 1. The van der Waals surface area contributed by atoms with E-state index in [2.05, 4.69) is 15.3 Å². The minimum Gasteiger partial charge on any atom is -0.496 e. The molecule has 0 unspecified atom stereocenters. The molecule has 0 saturated carbocycles. The molecule has 0 bridgehead atoms. The van der Waals surface area contributed by atoms with Crippen LogP contribution in [0.25, 0.3) is 16.7 Å². The molecule has 6 nitrogen and oxygen atoms in total. The Morgan fingerprint density at radius 1 is 1.10 bits per heavy atom. The van der Waals surface area contributed by atoms with Crippen molar-refractivity contribution in [3.63, 3.8) is 0 Å². The Hall–Kier alpha value is -3.93. The van der Waals surface area contributed by atoms with Crippen LogP contribution >= 0.6 is 0 Å². The quantitative estimate of drug-likeness (QED) is 0.521. The van der Waals surface area contributed by atoms with Crippen LogP contribution in [0.4, 0.5) is 5.69 Å². The lowest BCUT2D eigenvalue weighted by molar-refractivity contribution is 0.102. The van der Waals surface area contributed by atoms with Crippen LogP contribution in [-0.4, -0.2) is 35.8 Å². The van der Waals surface area contributed by atoms with Crippen LogP contribution in [0.15, 0.2) is 78.0 Å². The fraction of sp³-hybridized carbons (Fsp3) is 0.0870. The third-order valence-electron chi connectivity index (χ3n) is 4.60. The zero-order chi connectivity index (χ0) is 20.2. The van der Waals surface area contributed by atoms with E-state index in [4.69, 9.17) is 4.74 Å². The molecule has 29 heavy (non-hydrogen) atoms. The first-order valence-corrected chi connectivity index (χ1v) is 9.13. The monoisotopic (exact) mass is 384 g/mol. The third kappa shape index (κ3) is 3.73. The summed E-state index contributed by atoms with van der Waals surface area (Å²) < 4.78 is 7.36. The fourth-order valence-corrected chi connectivity index (χ4v) is 3.20. The molecule has 0 radical (unpaired) electrons. The Kier molecular flexibility index (Phi) is 5.07. The first-order chi connectivity index (χ1) is 14.2. The van der Waals surface area contributed by atoms with Gasteiger partial charge in [-0.3, -0.25) is 14.4 Å². The minimum absolute atomic E-state index is 0.212. The van der Waals surface area contributed by atoms with Crippen molar-refractivity contribution >= 4 is 28.8 Å². The lowest BCUT2D eigenvalue weighted by Gasteiger charge is -2.10. The summed E-state index contributed by atoms with van der Waals surface area (Å²) in [5.74, 6) is 0.387. The fourth-order valence-electron chi connectivity index (χ4n) is 3.20. The number of aliphatic imine (C=N–C) groups is 1. The topological polar surface area (TPSA) is 68.5 Å². The van der Waals surface area contributed by atoms with Crippen molar-refractivity contribution < 1.29 is 9.53 Å². The smallest absolute Gasteiger partial charge is 0.255 e. The van der Waals surface area contributed by atoms with Gasteiger partial charge in [0.05, 0.1) is 18.1 Å². The maximum Gasteiger partial charge on any atom is 0.255 e. The van der Waals surface area contributed by atoms with Gasteiger partial charge in [0, 0.05) is 35.8 Å².